The summed E-state index contributed by atoms with van der Waals surface area (Å²) >= 11 is 0. The molecule has 96 valence electrons. The molecular formula is C12H20N2O3. The fraction of sp³-hybridized carbons (Fsp3) is 0.750. The van der Waals surface area contributed by atoms with E-state index in [9.17, 15) is 14.4 Å². The number of nitrogens with one attached hydrogen (secondary N) is 1. The predicted octanol–water partition coefficient (Wildman–Crippen LogP) is 0.688. The van der Waals surface area contributed by atoms with Crippen molar-refractivity contribution in [1.29, 1.82) is 0 Å². The number of imide groups is 1. The third kappa shape index (κ3) is 3.05. The van der Waals surface area contributed by atoms with Crippen LogP contribution in [0.15, 0.2) is 0 Å². The topological polar surface area (TPSA) is 66.5 Å². The van der Waals surface area contributed by atoms with Crippen LogP contribution in [0, 0.1) is 5.41 Å². The molecule has 17 heavy (non-hydrogen) atoms. The van der Waals surface area contributed by atoms with Crippen LogP contribution in [0.3, 0.4) is 0 Å². The molecule has 5 nitrogen and oxygen atoms in total. The van der Waals surface area contributed by atoms with Crippen LogP contribution in [0.2, 0.25) is 0 Å². The normalized spacial score (nSPS) is 24.2. The molecule has 0 aromatic carbocycles. The van der Waals surface area contributed by atoms with Crippen LogP contribution in [-0.2, 0) is 14.4 Å². The van der Waals surface area contributed by atoms with Gasteiger partial charge in [0.15, 0.2) is 0 Å². The average Bonchev–Trinajstić information content (AvgIpc) is 2.52. The summed E-state index contributed by atoms with van der Waals surface area (Å²) in [5.74, 6) is -0.115. The lowest BCUT2D eigenvalue weighted by Gasteiger charge is -2.20. The van der Waals surface area contributed by atoms with Gasteiger partial charge in [0.25, 0.3) is 0 Å². The molecule has 1 aliphatic rings. The molecule has 0 radical (unpaired) electrons. The highest BCUT2D eigenvalue weighted by Gasteiger charge is 2.46. The molecule has 1 rings (SSSR count). The van der Waals surface area contributed by atoms with E-state index in [1.165, 1.54) is 4.90 Å². The van der Waals surface area contributed by atoms with Crippen molar-refractivity contribution in [2.45, 2.75) is 39.5 Å². The van der Waals surface area contributed by atoms with E-state index in [0.717, 1.165) is 12.8 Å². The van der Waals surface area contributed by atoms with Crippen LogP contribution in [0.1, 0.15) is 39.5 Å². The second-order valence-electron chi connectivity index (χ2n) is 4.72. The second-order valence-corrected chi connectivity index (χ2v) is 4.72. The number of hydrogen-bond acceptors (Lipinski definition) is 3. The molecule has 5 heteroatoms. The number of nitrogens with zero attached hydrogens (tertiary/aromatic N) is 1. The molecule has 1 saturated heterocycles. The van der Waals surface area contributed by atoms with Crippen molar-refractivity contribution in [3.05, 3.63) is 0 Å². The van der Waals surface area contributed by atoms with E-state index in [-0.39, 0.29) is 11.8 Å². The van der Waals surface area contributed by atoms with Crippen molar-refractivity contribution in [3.8, 4) is 0 Å². The summed E-state index contributed by atoms with van der Waals surface area (Å²) in [6.07, 6.45) is 3.19. The summed E-state index contributed by atoms with van der Waals surface area (Å²) in [7, 11) is 0. The Morgan fingerprint density at radius 3 is 2.65 bits per heavy atom. The maximum Gasteiger partial charge on any atom is 0.235 e. The van der Waals surface area contributed by atoms with E-state index in [1.807, 2.05) is 13.8 Å². The standard InChI is InChI=1S/C12H20N2O3/c1-3-12(2)8-10(16)14(11(12)17)7-5-4-6-13-9-15/h9H,3-8H2,1-2H3,(H,13,15). The lowest BCUT2D eigenvalue weighted by molar-refractivity contribution is -0.141. The summed E-state index contributed by atoms with van der Waals surface area (Å²) in [6.45, 7) is 4.84. The zero-order valence-corrected chi connectivity index (χ0v) is 10.5. The van der Waals surface area contributed by atoms with Crippen LogP contribution in [0.25, 0.3) is 0 Å². The summed E-state index contributed by atoms with van der Waals surface area (Å²) in [6, 6.07) is 0. The Morgan fingerprint density at radius 1 is 1.41 bits per heavy atom. The molecule has 1 aliphatic heterocycles. The Morgan fingerprint density at radius 2 is 2.12 bits per heavy atom. The number of carbonyl (C=O) groups excluding carboxylic acids is 3. The van der Waals surface area contributed by atoms with Crippen LogP contribution in [-0.4, -0.2) is 36.2 Å². The van der Waals surface area contributed by atoms with Gasteiger partial charge in [0.2, 0.25) is 18.2 Å². The van der Waals surface area contributed by atoms with Gasteiger partial charge in [-0.3, -0.25) is 19.3 Å². The Hall–Kier alpha value is -1.39. The van der Waals surface area contributed by atoms with Crippen LogP contribution < -0.4 is 5.32 Å². The third-order valence-corrected chi connectivity index (χ3v) is 3.42. The molecule has 0 bridgehead atoms. The molecule has 0 spiro atoms. The highest BCUT2D eigenvalue weighted by molar-refractivity contribution is 6.05. The highest BCUT2D eigenvalue weighted by Crippen LogP contribution is 2.35. The minimum Gasteiger partial charge on any atom is -0.359 e. The summed E-state index contributed by atoms with van der Waals surface area (Å²) < 4.78 is 0. The molecule has 0 aliphatic carbocycles. The molecule has 0 saturated carbocycles. The average molecular weight is 240 g/mol. The number of rotatable bonds is 7. The SMILES string of the molecule is CCC1(C)CC(=O)N(CCCCNC=O)C1=O. The van der Waals surface area contributed by atoms with Gasteiger partial charge in [-0.25, -0.2) is 0 Å². The zero-order valence-electron chi connectivity index (χ0n) is 10.5. The van der Waals surface area contributed by atoms with Gasteiger partial charge in [0.1, 0.15) is 0 Å². The van der Waals surface area contributed by atoms with E-state index in [2.05, 4.69) is 5.32 Å². The number of hydrogen-bond donors (Lipinski definition) is 1. The van der Waals surface area contributed by atoms with Gasteiger partial charge >= 0.3 is 0 Å². The van der Waals surface area contributed by atoms with E-state index in [0.29, 0.717) is 32.3 Å². The van der Waals surface area contributed by atoms with E-state index >= 15 is 0 Å². The number of likely N-dealkylation sites (tertiary alicyclic amines) is 1. The smallest absolute Gasteiger partial charge is 0.235 e. The Labute approximate surface area is 102 Å². The van der Waals surface area contributed by atoms with Gasteiger partial charge in [-0.1, -0.05) is 13.8 Å². The molecule has 1 heterocycles. The van der Waals surface area contributed by atoms with Crippen molar-refractivity contribution in [1.82, 2.24) is 10.2 Å². The molecular weight excluding hydrogens is 220 g/mol. The first-order valence-corrected chi connectivity index (χ1v) is 6.07. The van der Waals surface area contributed by atoms with Crippen molar-refractivity contribution >= 4 is 18.2 Å². The second kappa shape index (κ2) is 5.80. The third-order valence-electron chi connectivity index (χ3n) is 3.42. The fourth-order valence-electron chi connectivity index (χ4n) is 2.00. The van der Waals surface area contributed by atoms with Gasteiger partial charge in [0, 0.05) is 19.5 Å². The first kappa shape index (κ1) is 13.7. The Bertz CT molecular complexity index is 317. The van der Waals surface area contributed by atoms with E-state index in [4.69, 9.17) is 0 Å². The fourth-order valence-corrected chi connectivity index (χ4v) is 2.00. The monoisotopic (exact) mass is 240 g/mol. The zero-order chi connectivity index (χ0) is 12.9. The maximum atomic E-state index is 12.0. The first-order valence-electron chi connectivity index (χ1n) is 6.07. The molecule has 1 unspecified atom stereocenters. The van der Waals surface area contributed by atoms with Crippen LogP contribution >= 0.6 is 0 Å². The number of carbonyl (C=O) groups is 3. The molecule has 1 fully saturated rings. The van der Waals surface area contributed by atoms with Gasteiger partial charge in [-0.2, -0.15) is 0 Å². The van der Waals surface area contributed by atoms with Crippen LogP contribution in [0.4, 0.5) is 0 Å². The Kier molecular flexibility index (Phi) is 4.66. The molecule has 1 N–H and O–H groups in total. The molecule has 1 atom stereocenters. The van der Waals surface area contributed by atoms with Gasteiger partial charge in [-0.05, 0) is 19.3 Å². The lowest BCUT2D eigenvalue weighted by Crippen LogP contribution is -2.35. The van der Waals surface area contributed by atoms with Crippen molar-refractivity contribution in [2.75, 3.05) is 13.1 Å². The molecule has 3 amide bonds. The predicted molar refractivity (Wildman–Crippen MR) is 63.0 cm³/mol. The summed E-state index contributed by atoms with van der Waals surface area (Å²) in [4.78, 5) is 35.1. The van der Waals surface area contributed by atoms with Crippen molar-refractivity contribution in [3.63, 3.8) is 0 Å². The Balaban J connectivity index is 2.41. The van der Waals surface area contributed by atoms with Gasteiger partial charge in [-0.15, -0.1) is 0 Å². The lowest BCUT2D eigenvalue weighted by atomic mass is 9.86. The number of unbranched alkanes of at least 4 members (excludes halogenated alkanes) is 1. The quantitative estimate of drug-likeness (QED) is 0.404. The van der Waals surface area contributed by atoms with Crippen molar-refractivity contribution < 1.29 is 14.4 Å². The minimum atomic E-state index is -0.502. The van der Waals surface area contributed by atoms with E-state index in [1.54, 1.807) is 0 Å². The largest absolute Gasteiger partial charge is 0.359 e. The summed E-state index contributed by atoms with van der Waals surface area (Å²) in [5, 5.41) is 2.55. The van der Waals surface area contributed by atoms with Crippen molar-refractivity contribution in [2.24, 2.45) is 5.41 Å². The van der Waals surface area contributed by atoms with Crippen LogP contribution in [0.5, 0.6) is 0 Å². The van der Waals surface area contributed by atoms with Gasteiger partial charge in [0.05, 0.1) is 5.41 Å². The molecule has 0 aromatic rings. The first-order chi connectivity index (χ1) is 8.05. The highest BCUT2D eigenvalue weighted by atomic mass is 16.2. The maximum absolute atomic E-state index is 12.0. The number of amides is 3. The van der Waals surface area contributed by atoms with Gasteiger partial charge < -0.3 is 5.32 Å². The van der Waals surface area contributed by atoms with E-state index < -0.39 is 5.41 Å². The summed E-state index contributed by atoms with van der Waals surface area (Å²) in [5.41, 5.74) is -0.502. The minimum absolute atomic E-state index is 0.0478. The molecule has 0 aromatic heterocycles.